The molecule has 0 aromatic carbocycles. The van der Waals surface area contributed by atoms with Gasteiger partial charge >= 0.3 is 0 Å². The summed E-state index contributed by atoms with van der Waals surface area (Å²) < 4.78 is 0. The first-order valence-corrected chi connectivity index (χ1v) is 9.04. The molecule has 0 aliphatic carbocycles. The molecule has 22 heavy (non-hydrogen) atoms. The van der Waals surface area contributed by atoms with E-state index in [2.05, 4.69) is 30.1 Å². The number of rotatable bonds is 3. The van der Waals surface area contributed by atoms with Crippen LogP contribution in [-0.4, -0.2) is 37.0 Å². The highest BCUT2D eigenvalue weighted by molar-refractivity contribution is 7.14. The molecule has 0 bridgehead atoms. The van der Waals surface area contributed by atoms with Crippen LogP contribution in [0, 0.1) is 12.3 Å². The van der Waals surface area contributed by atoms with Crippen LogP contribution in [0.4, 0.5) is 0 Å². The normalized spacial score (nSPS) is 20.2. The molecular formula is C17H27ClN2OS. The summed E-state index contributed by atoms with van der Waals surface area (Å²) in [6.45, 7) is 8.49. The number of likely N-dealkylation sites (tertiary alicyclic amines) is 1. The third-order valence-electron chi connectivity index (χ3n) is 5.19. The van der Waals surface area contributed by atoms with Gasteiger partial charge in [-0.2, -0.15) is 0 Å². The van der Waals surface area contributed by atoms with Crippen molar-refractivity contribution in [1.82, 2.24) is 10.2 Å². The Bertz CT molecular complexity index is 513. The zero-order valence-corrected chi connectivity index (χ0v) is 15.2. The van der Waals surface area contributed by atoms with Gasteiger partial charge in [0.25, 0.3) is 5.91 Å². The van der Waals surface area contributed by atoms with Crippen molar-refractivity contribution in [2.24, 2.45) is 5.41 Å². The standard InChI is InChI=1S/C17H26N2OS.ClH/c1-3-4-14-11-15(21-13(14)2)16(20)19-9-6-17(7-10-19)5-8-18-12-17;/h11,18H,3-10,12H2,1-2H3;1H. The van der Waals surface area contributed by atoms with Gasteiger partial charge in [0.15, 0.2) is 0 Å². The molecule has 0 saturated carbocycles. The predicted octanol–water partition coefficient (Wildman–Crippen LogP) is 3.65. The summed E-state index contributed by atoms with van der Waals surface area (Å²) in [5, 5.41) is 3.48. The monoisotopic (exact) mass is 342 g/mol. The SMILES string of the molecule is CCCc1cc(C(=O)N2CCC3(CCNC3)CC2)sc1C.Cl. The van der Waals surface area contributed by atoms with Crippen LogP contribution in [0.15, 0.2) is 6.07 Å². The van der Waals surface area contributed by atoms with Crippen LogP contribution in [0.1, 0.15) is 52.7 Å². The van der Waals surface area contributed by atoms with E-state index in [1.165, 1.54) is 16.9 Å². The largest absolute Gasteiger partial charge is 0.338 e. The lowest BCUT2D eigenvalue weighted by atomic mass is 9.78. The van der Waals surface area contributed by atoms with Gasteiger partial charge in [0.1, 0.15) is 0 Å². The second-order valence-electron chi connectivity index (χ2n) is 6.66. The summed E-state index contributed by atoms with van der Waals surface area (Å²) in [6.07, 6.45) is 5.85. The Hall–Kier alpha value is -0.580. The van der Waals surface area contributed by atoms with E-state index in [0.717, 1.165) is 56.7 Å². The van der Waals surface area contributed by atoms with Crippen LogP contribution in [0.3, 0.4) is 0 Å². The lowest BCUT2D eigenvalue weighted by Gasteiger charge is -2.38. The maximum atomic E-state index is 12.7. The van der Waals surface area contributed by atoms with Crippen molar-refractivity contribution >= 4 is 29.7 Å². The Kier molecular flexibility index (Phi) is 5.92. The zero-order valence-electron chi connectivity index (χ0n) is 13.6. The second-order valence-corrected chi connectivity index (χ2v) is 7.92. The molecule has 1 aromatic heterocycles. The summed E-state index contributed by atoms with van der Waals surface area (Å²) in [6, 6.07) is 2.13. The number of nitrogens with zero attached hydrogens (tertiary/aromatic N) is 1. The third-order valence-corrected chi connectivity index (χ3v) is 6.27. The van der Waals surface area contributed by atoms with Crippen molar-refractivity contribution < 1.29 is 4.79 Å². The van der Waals surface area contributed by atoms with E-state index in [0.29, 0.717) is 5.41 Å². The maximum Gasteiger partial charge on any atom is 0.263 e. The van der Waals surface area contributed by atoms with Gasteiger partial charge in [-0.05, 0) is 56.2 Å². The van der Waals surface area contributed by atoms with Gasteiger partial charge in [-0.1, -0.05) is 13.3 Å². The molecule has 1 aromatic rings. The van der Waals surface area contributed by atoms with Crippen LogP contribution >= 0.6 is 23.7 Å². The van der Waals surface area contributed by atoms with E-state index in [1.807, 2.05) is 0 Å². The highest BCUT2D eigenvalue weighted by Gasteiger charge is 2.38. The van der Waals surface area contributed by atoms with Crippen LogP contribution in [0.5, 0.6) is 0 Å². The van der Waals surface area contributed by atoms with Crippen LogP contribution in [0.25, 0.3) is 0 Å². The summed E-state index contributed by atoms with van der Waals surface area (Å²) in [7, 11) is 0. The molecule has 2 fully saturated rings. The number of hydrogen-bond acceptors (Lipinski definition) is 3. The Morgan fingerprint density at radius 3 is 2.68 bits per heavy atom. The first-order valence-electron chi connectivity index (χ1n) is 8.23. The molecule has 0 atom stereocenters. The maximum absolute atomic E-state index is 12.7. The number of aryl methyl sites for hydroxylation is 2. The average molecular weight is 343 g/mol. The number of nitrogens with one attached hydrogen (secondary N) is 1. The van der Waals surface area contributed by atoms with Crippen molar-refractivity contribution in [3.8, 4) is 0 Å². The van der Waals surface area contributed by atoms with Crippen LogP contribution in [-0.2, 0) is 6.42 Å². The Labute approximate surface area is 143 Å². The van der Waals surface area contributed by atoms with E-state index in [9.17, 15) is 4.79 Å². The minimum absolute atomic E-state index is 0. The minimum atomic E-state index is 0. The number of hydrogen-bond donors (Lipinski definition) is 1. The number of amides is 1. The van der Waals surface area contributed by atoms with Crippen molar-refractivity contribution in [3.63, 3.8) is 0 Å². The molecule has 1 N–H and O–H groups in total. The topological polar surface area (TPSA) is 32.3 Å². The summed E-state index contributed by atoms with van der Waals surface area (Å²) in [5.41, 5.74) is 1.84. The van der Waals surface area contributed by atoms with Crippen molar-refractivity contribution in [2.75, 3.05) is 26.2 Å². The molecule has 0 unspecified atom stereocenters. The molecule has 3 nitrogen and oxygen atoms in total. The summed E-state index contributed by atoms with van der Waals surface area (Å²) in [4.78, 5) is 17.0. The molecule has 124 valence electrons. The molecule has 2 aliphatic rings. The number of carbonyl (C=O) groups excluding carboxylic acids is 1. The highest BCUT2D eigenvalue weighted by atomic mass is 35.5. The van der Waals surface area contributed by atoms with Crippen LogP contribution in [0.2, 0.25) is 0 Å². The van der Waals surface area contributed by atoms with Gasteiger partial charge in [0.05, 0.1) is 4.88 Å². The van der Waals surface area contributed by atoms with Gasteiger partial charge < -0.3 is 10.2 Å². The molecule has 5 heteroatoms. The molecule has 1 amide bonds. The van der Waals surface area contributed by atoms with Gasteiger partial charge in [-0.25, -0.2) is 0 Å². The van der Waals surface area contributed by atoms with Gasteiger partial charge in [-0.3, -0.25) is 4.79 Å². The molecule has 2 saturated heterocycles. The molecular weight excluding hydrogens is 316 g/mol. The number of halogens is 1. The zero-order chi connectivity index (χ0) is 14.9. The Morgan fingerprint density at radius 2 is 2.09 bits per heavy atom. The average Bonchev–Trinajstić information content (AvgIpc) is 3.08. The fourth-order valence-electron chi connectivity index (χ4n) is 3.71. The number of thiophene rings is 1. The summed E-state index contributed by atoms with van der Waals surface area (Å²) in [5.74, 6) is 0.256. The van der Waals surface area contributed by atoms with E-state index in [4.69, 9.17) is 0 Å². The second kappa shape index (κ2) is 7.33. The van der Waals surface area contributed by atoms with Gasteiger partial charge in [0.2, 0.25) is 0 Å². The van der Waals surface area contributed by atoms with Gasteiger partial charge in [-0.15, -0.1) is 23.7 Å². The third kappa shape index (κ3) is 3.50. The fourth-order valence-corrected chi connectivity index (χ4v) is 4.74. The Morgan fingerprint density at radius 1 is 1.36 bits per heavy atom. The van der Waals surface area contributed by atoms with Crippen molar-refractivity contribution in [1.29, 1.82) is 0 Å². The van der Waals surface area contributed by atoms with Crippen molar-refractivity contribution in [2.45, 2.75) is 46.0 Å². The highest BCUT2D eigenvalue weighted by Crippen LogP contribution is 2.37. The summed E-state index contributed by atoms with van der Waals surface area (Å²) >= 11 is 1.68. The number of carbonyl (C=O) groups is 1. The smallest absolute Gasteiger partial charge is 0.263 e. The first kappa shape index (κ1) is 17.8. The molecule has 2 aliphatic heterocycles. The Balaban J connectivity index is 0.00000176. The molecule has 3 rings (SSSR count). The molecule has 0 radical (unpaired) electrons. The van der Waals surface area contributed by atoms with E-state index in [1.54, 1.807) is 11.3 Å². The first-order chi connectivity index (χ1) is 10.1. The lowest BCUT2D eigenvalue weighted by molar-refractivity contribution is 0.0612. The van der Waals surface area contributed by atoms with E-state index < -0.39 is 0 Å². The quantitative estimate of drug-likeness (QED) is 0.909. The van der Waals surface area contributed by atoms with Crippen molar-refractivity contribution in [3.05, 3.63) is 21.4 Å². The molecule has 1 spiro atoms. The van der Waals surface area contributed by atoms with Gasteiger partial charge in [0, 0.05) is 24.5 Å². The predicted molar refractivity (Wildman–Crippen MR) is 95.4 cm³/mol. The lowest BCUT2D eigenvalue weighted by Crippen LogP contribution is -2.43. The van der Waals surface area contributed by atoms with E-state index >= 15 is 0 Å². The van der Waals surface area contributed by atoms with E-state index in [-0.39, 0.29) is 18.3 Å². The minimum Gasteiger partial charge on any atom is -0.338 e. The fraction of sp³-hybridized carbons (Fsp3) is 0.706. The number of piperidine rings is 1. The van der Waals surface area contributed by atoms with Crippen LogP contribution < -0.4 is 5.32 Å². The molecule has 3 heterocycles.